The lowest BCUT2D eigenvalue weighted by Crippen LogP contribution is -2.49. The van der Waals surface area contributed by atoms with Crippen LogP contribution in [0.15, 0.2) is 54.6 Å². The molecule has 3 N–H and O–H groups in total. The van der Waals surface area contributed by atoms with Crippen LogP contribution < -0.4 is 11.1 Å². The van der Waals surface area contributed by atoms with Crippen LogP contribution in [0.4, 0.5) is 4.39 Å². The average Bonchev–Trinajstić information content (AvgIpc) is 2.48. The fourth-order valence-corrected chi connectivity index (χ4v) is 2.17. The molecule has 0 aliphatic heterocycles. The first-order valence-corrected chi connectivity index (χ1v) is 6.82. The van der Waals surface area contributed by atoms with Gasteiger partial charge in [-0.05, 0) is 25.5 Å². The van der Waals surface area contributed by atoms with Gasteiger partial charge in [-0.1, -0.05) is 48.5 Å². The molecule has 4 heteroatoms. The highest BCUT2D eigenvalue weighted by molar-refractivity contribution is 5.87. The Morgan fingerprint density at radius 1 is 1.14 bits per heavy atom. The van der Waals surface area contributed by atoms with Crippen LogP contribution in [0.2, 0.25) is 0 Å². The van der Waals surface area contributed by atoms with Crippen LogP contribution in [0.25, 0.3) is 0 Å². The normalized spacial score (nSPS) is 15.0. The van der Waals surface area contributed by atoms with E-state index in [4.69, 9.17) is 5.73 Å². The standard InChI is InChI=1S/C17H19FN2O/c1-12(14-10-6-7-11-15(14)18)20-16(21)17(2,19)13-8-4-3-5-9-13/h3-12H,19H2,1-2H3,(H,20,21)/t12-,17?/m1/s1. The van der Waals surface area contributed by atoms with Crippen molar-refractivity contribution in [2.75, 3.05) is 0 Å². The number of halogens is 1. The Morgan fingerprint density at radius 3 is 2.33 bits per heavy atom. The number of carbonyl (C=O) groups excluding carboxylic acids is 1. The molecule has 3 nitrogen and oxygen atoms in total. The van der Waals surface area contributed by atoms with Crippen molar-refractivity contribution in [1.29, 1.82) is 0 Å². The summed E-state index contributed by atoms with van der Waals surface area (Å²) in [5, 5.41) is 2.77. The van der Waals surface area contributed by atoms with Crippen LogP contribution in [0.5, 0.6) is 0 Å². The Kier molecular flexibility index (Phi) is 4.38. The van der Waals surface area contributed by atoms with Crippen molar-refractivity contribution in [3.05, 3.63) is 71.5 Å². The summed E-state index contributed by atoms with van der Waals surface area (Å²) >= 11 is 0. The van der Waals surface area contributed by atoms with Crippen molar-refractivity contribution < 1.29 is 9.18 Å². The third-order valence-corrected chi connectivity index (χ3v) is 3.56. The number of amides is 1. The molecular weight excluding hydrogens is 267 g/mol. The first kappa shape index (κ1) is 15.2. The maximum atomic E-state index is 13.7. The fourth-order valence-electron chi connectivity index (χ4n) is 2.17. The summed E-state index contributed by atoms with van der Waals surface area (Å²) in [7, 11) is 0. The number of hydrogen-bond acceptors (Lipinski definition) is 2. The predicted octanol–water partition coefficient (Wildman–Crippen LogP) is 2.88. The highest BCUT2D eigenvalue weighted by Crippen LogP contribution is 2.21. The quantitative estimate of drug-likeness (QED) is 0.908. The molecule has 0 aliphatic carbocycles. The lowest BCUT2D eigenvalue weighted by Gasteiger charge is -2.26. The molecule has 0 heterocycles. The van der Waals surface area contributed by atoms with Gasteiger partial charge in [0.2, 0.25) is 5.91 Å². The molecule has 0 fully saturated rings. The summed E-state index contributed by atoms with van der Waals surface area (Å²) in [5.41, 5.74) is 6.13. The maximum Gasteiger partial charge on any atom is 0.244 e. The lowest BCUT2D eigenvalue weighted by molar-refractivity contribution is -0.126. The van der Waals surface area contributed by atoms with Crippen molar-refractivity contribution in [2.24, 2.45) is 5.73 Å². The SMILES string of the molecule is C[C@@H](NC(=O)C(C)(N)c1ccccc1)c1ccccc1F. The summed E-state index contributed by atoms with van der Waals surface area (Å²) < 4.78 is 13.7. The molecular formula is C17H19FN2O. The summed E-state index contributed by atoms with van der Waals surface area (Å²) in [6, 6.07) is 15.0. The van der Waals surface area contributed by atoms with Gasteiger partial charge in [0.15, 0.2) is 0 Å². The molecule has 2 rings (SSSR count). The number of hydrogen-bond donors (Lipinski definition) is 2. The minimum Gasteiger partial charge on any atom is -0.348 e. The second kappa shape index (κ2) is 6.06. The number of nitrogens with one attached hydrogen (secondary N) is 1. The van der Waals surface area contributed by atoms with Crippen molar-refractivity contribution in [2.45, 2.75) is 25.4 Å². The smallest absolute Gasteiger partial charge is 0.244 e. The van der Waals surface area contributed by atoms with Gasteiger partial charge in [0.1, 0.15) is 11.4 Å². The zero-order chi connectivity index (χ0) is 15.5. The van der Waals surface area contributed by atoms with E-state index in [9.17, 15) is 9.18 Å². The maximum absolute atomic E-state index is 13.7. The van der Waals surface area contributed by atoms with Crippen LogP contribution in [-0.2, 0) is 10.3 Å². The molecule has 0 saturated carbocycles. The molecule has 0 saturated heterocycles. The minimum atomic E-state index is -1.17. The Balaban J connectivity index is 2.16. The molecule has 0 radical (unpaired) electrons. The molecule has 0 spiro atoms. The van der Waals surface area contributed by atoms with Gasteiger partial charge >= 0.3 is 0 Å². The van der Waals surface area contributed by atoms with E-state index in [0.717, 1.165) is 0 Å². The zero-order valence-electron chi connectivity index (χ0n) is 12.1. The van der Waals surface area contributed by atoms with Crippen molar-refractivity contribution in [3.8, 4) is 0 Å². The molecule has 1 amide bonds. The molecule has 0 bridgehead atoms. The van der Waals surface area contributed by atoms with Crippen molar-refractivity contribution in [1.82, 2.24) is 5.32 Å². The fraction of sp³-hybridized carbons (Fsp3) is 0.235. The van der Waals surface area contributed by atoms with Crippen LogP contribution in [0, 0.1) is 5.82 Å². The number of rotatable bonds is 4. The minimum absolute atomic E-state index is 0.343. The molecule has 2 aromatic rings. The van der Waals surface area contributed by atoms with Crippen LogP contribution in [0.1, 0.15) is 31.0 Å². The third kappa shape index (κ3) is 3.28. The van der Waals surface area contributed by atoms with Gasteiger partial charge in [0.05, 0.1) is 6.04 Å². The monoisotopic (exact) mass is 286 g/mol. The van der Waals surface area contributed by atoms with Crippen molar-refractivity contribution in [3.63, 3.8) is 0 Å². The molecule has 2 atom stereocenters. The second-order valence-electron chi connectivity index (χ2n) is 5.29. The second-order valence-corrected chi connectivity index (χ2v) is 5.29. The Labute approximate surface area is 124 Å². The van der Waals surface area contributed by atoms with Crippen LogP contribution in [0.3, 0.4) is 0 Å². The average molecular weight is 286 g/mol. The zero-order valence-corrected chi connectivity index (χ0v) is 12.1. The summed E-state index contributed by atoms with van der Waals surface area (Å²) in [6.45, 7) is 3.38. The molecule has 2 aromatic carbocycles. The first-order valence-electron chi connectivity index (χ1n) is 6.82. The molecule has 21 heavy (non-hydrogen) atoms. The molecule has 0 aromatic heterocycles. The first-order chi connectivity index (χ1) is 9.93. The van der Waals surface area contributed by atoms with E-state index < -0.39 is 11.6 Å². The van der Waals surface area contributed by atoms with E-state index in [1.54, 1.807) is 44.2 Å². The van der Waals surface area contributed by atoms with Gasteiger partial charge < -0.3 is 11.1 Å². The third-order valence-electron chi connectivity index (χ3n) is 3.56. The molecule has 1 unspecified atom stereocenters. The Hall–Kier alpha value is -2.20. The van der Waals surface area contributed by atoms with E-state index in [1.165, 1.54) is 6.07 Å². The lowest BCUT2D eigenvalue weighted by atomic mass is 9.91. The highest BCUT2D eigenvalue weighted by Gasteiger charge is 2.31. The topological polar surface area (TPSA) is 55.1 Å². The van der Waals surface area contributed by atoms with Gasteiger partial charge in [-0.2, -0.15) is 0 Å². The largest absolute Gasteiger partial charge is 0.348 e. The summed E-state index contributed by atoms with van der Waals surface area (Å²) in [6.07, 6.45) is 0. The van der Waals surface area contributed by atoms with Gasteiger partial charge in [-0.25, -0.2) is 4.39 Å². The number of nitrogens with two attached hydrogens (primary N) is 1. The number of carbonyl (C=O) groups is 1. The Morgan fingerprint density at radius 2 is 1.71 bits per heavy atom. The number of benzene rings is 2. The molecule has 0 aliphatic rings. The van der Waals surface area contributed by atoms with Gasteiger partial charge in [-0.15, -0.1) is 0 Å². The van der Waals surface area contributed by atoms with Gasteiger partial charge in [-0.3, -0.25) is 4.79 Å². The van der Waals surface area contributed by atoms with Crippen LogP contribution >= 0.6 is 0 Å². The van der Waals surface area contributed by atoms with E-state index in [2.05, 4.69) is 5.32 Å². The van der Waals surface area contributed by atoms with E-state index in [1.807, 2.05) is 18.2 Å². The summed E-state index contributed by atoms with van der Waals surface area (Å²) in [5.74, 6) is -0.687. The molecule has 110 valence electrons. The van der Waals surface area contributed by atoms with E-state index in [0.29, 0.717) is 11.1 Å². The van der Waals surface area contributed by atoms with E-state index >= 15 is 0 Å². The van der Waals surface area contributed by atoms with E-state index in [-0.39, 0.29) is 11.7 Å². The summed E-state index contributed by atoms with van der Waals surface area (Å²) in [4.78, 5) is 12.4. The van der Waals surface area contributed by atoms with Gasteiger partial charge in [0.25, 0.3) is 0 Å². The Bertz CT molecular complexity index is 626. The van der Waals surface area contributed by atoms with Crippen molar-refractivity contribution >= 4 is 5.91 Å². The van der Waals surface area contributed by atoms with Crippen LogP contribution in [-0.4, -0.2) is 5.91 Å². The highest BCUT2D eigenvalue weighted by atomic mass is 19.1. The predicted molar refractivity (Wildman–Crippen MR) is 80.9 cm³/mol. The van der Waals surface area contributed by atoms with Gasteiger partial charge in [0, 0.05) is 5.56 Å².